The molecule has 0 aromatic carbocycles. The van der Waals surface area contributed by atoms with Crippen LogP contribution in [-0.2, 0) is 4.74 Å². The quantitative estimate of drug-likeness (QED) is 0.795. The molecule has 0 radical (unpaired) electrons. The second-order valence-electron chi connectivity index (χ2n) is 5.78. The highest BCUT2D eigenvalue weighted by molar-refractivity contribution is 4.80. The van der Waals surface area contributed by atoms with Crippen molar-refractivity contribution in [2.24, 2.45) is 0 Å². The molecule has 1 N–H and O–H groups in total. The van der Waals surface area contributed by atoms with Crippen molar-refractivity contribution in [1.29, 1.82) is 0 Å². The monoisotopic (exact) mass is 240 g/mol. The summed E-state index contributed by atoms with van der Waals surface area (Å²) < 4.78 is 5.46. The minimum atomic E-state index is 0.614. The lowest BCUT2D eigenvalue weighted by Crippen LogP contribution is -2.46. The van der Waals surface area contributed by atoms with Gasteiger partial charge in [0.1, 0.15) is 0 Å². The molecule has 1 aliphatic carbocycles. The minimum Gasteiger partial charge on any atom is -0.380 e. The first-order valence-electron chi connectivity index (χ1n) is 7.30. The van der Waals surface area contributed by atoms with E-state index in [0.29, 0.717) is 12.1 Å². The Morgan fingerprint density at radius 3 is 2.65 bits per heavy atom. The number of hydrogen-bond donors (Lipinski definition) is 1. The molecule has 1 saturated carbocycles. The summed E-state index contributed by atoms with van der Waals surface area (Å²) in [4.78, 5) is 2.49. The van der Waals surface area contributed by atoms with Gasteiger partial charge in [-0.2, -0.15) is 0 Å². The van der Waals surface area contributed by atoms with Crippen LogP contribution in [0.2, 0.25) is 0 Å². The fourth-order valence-electron chi connectivity index (χ4n) is 2.99. The molecule has 3 nitrogen and oxygen atoms in total. The number of nitrogens with one attached hydrogen (secondary N) is 1. The Kier molecular flexibility index (Phi) is 5.26. The first kappa shape index (κ1) is 13.3. The Hall–Kier alpha value is -0.120. The summed E-state index contributed by atoms with van der Waals surface area (Å²) >= 11 is 0. The van der Waals surface area contributed by atoms with Gasteiger partial charge in [0.15, 0.2) is 0 Å². The zero-order chi connectivity index (χ0) is 12.1. The highest BCUT2D eigenvalue weighted by Crippen LogP contribution is 2.18. The molecule has 0 amide bonds. The molecule has 2 fully saturated rings. The van der Waals surface area contributed by atoms with Crippen molar-refractivity contribution >= 4 is 0 Å². The Morgan fingerprint density at radius 1 is 1.24 bits per heavy atom. The van der Waals surface area contributed by atoms with E-state index >= 15 is 0 Å². The number of hydrogen-bond acceptors (Lipinski definition) is 3. The van der Waals surface area contributed by atoms with Crippen LogP contribution in [-0.4, -0.2) is 49.8 Å². The number of nitrogens with zero attached hydrogens (tertiary/aromatic N) is 1. The first-order chi connectivity index (χ1) is 8.27. The first-order valence-corrected chi connectivity index (χ1v) is 7.30. The van der Waals surface area contributed by atoms with Crippen molar-refractivity contribution in [2.45, 2.75) is 63.6 Å². The Balaban J connectivity index is 1.66. The van der Waals surface area contributed by atoms with Crippen LogP contribution in [0.1, 0.15) is 45.4 Å². The summed E-state index contributed by atoms with van der Waals surface area (Å²) in [5, 5.41) is 3.74. The summed E-state index contributed by atoms with van der Waals surface area (Å²) in [6.07, 6.45) is 8.22. The molecule has 0 bridgehead atoms. The minimum absolute atomic E-state index is 0.614. The zero-order valence-corrected chi connectivity index (χ0v) is 11.5. The standard InChI is InChI=1S/C14H28N2O/c1-12(16(2)14-8-9-17-11-14)10-15-13-6-4-3-5-7-13/h12-15H,3-11H2,1-2H3. The molecular formula is C14H28N2O. The maximum Gasteiger partial charge on any atom is 0.0622 e. The van der Waals surface area contributed by atoms with Crippen LogP contribution in [0.5, 0.6) is 0 Å². The van der Waals surface area contributed by atoms with E-state index in [1.807, 2.05) is 0 Å². The van der Waals surface area contributed by atoms with Gasteiger partial charge in [0.05, 0.1) is 6.61 Å². The zero-order valence-electron chi connectivity index (χ0n) is 11.5. The van der Waals surface area contributed by atoms with Crippen molar-refractivity contribution in [3.05, 3.63) is 0 Å². The van der Waals surface area contributed by atoms with Crippen molar-refractivity contribution in [3.8, 4) is 0 Å². The third-order valence-electron chi connectivity index (χ3n) is 4.48. The van der Waals surface area contributed by atoms with E-state index in [2.05, 4.69) is 24.2 Å². The van der Waals surface area contributed by atoms with E-state index < -0.39 is 0 Å². The van der Waals surface area contributed by atoms with Gasteiger partial charge in [-0.1, -0.05) is 19.3 Å². The van der Waals surface area contributed by atoms with E-state index in [4.69, 9.17) is 4.74 Å². The molecular weight excluding hydrogens is 212 g/mol. The van der Waals surface area contributed by atoms with Crippen molar-refractivity contribution in [2.75, 3.05) is 26.8 Å². The topological polar surface area (TPSA) is 24.5 Å². The maximum absolute atomic E-state index is 5.46. The molecule has 0 spiro atoms. The summed E-state index contributed by atoms with van der Waals surface area (Å²) in [7, 11) is 2.24. The van der Waals surface area contributed by atoms with Crippen LogP contribution in [0.15, 0.2) is 0 Å². The van der Waals surface area contributed by atoms with Crippen LogP contribution in [0.4, 0.5) is 0 Å². The molecule has 3 heteroatoms. The third-order valence-corrected chi connectivity index (χ3v) is 4.48. The SMILES string of the molecule is CC(CNC1CCCCC1)N(C)C1CCOC1. The molecule has 2 aliphatic rings. The molecule has 1 saturated heterocycles. The average Bonchev–Trinajstić information content (AvgIpc) is 2.90. The number of likely N-dealkylation sites (N-methyl/N-ethyl adjacent to an activating group) is 1. The highest BCUT2D eigenvalue weighted by Gasteiger charge is 2.24. The lowest BCUT2D eigenvalue weighted by molar-refractivity contribution is 0.134. The lowest BCUT2D eigenvalue weighted by atomic mass is 9.95. The van der Waals surface area contributed by atoms with E-state index in [0.717, 1.165) is 25.8 Å². The van der Waals surface area contributed by atoms with Crippen molar-refractivity contribution < 1.29 is 4.74 Å². The molecule has 2 unspecified atom stereocenters. The summed E-state index contributed by atoms with van der Waals surface area (Å²) in [6, 6.07) is 2.03. The Labute approximate surface area is 106 Å². The lowest BCUT2D eigenvalue weighted by Gasteiger charge is -2.32. The summed E-state index contributed by atoms with van der Waals surface area (Å²) in [5.41, 5.74) is 0. The van der Waals surface area contributed by atoms with Crippen LogP contribution in [0, 0.1) is 0 Å². The molecule has 1 aliphatic heterocycles. The molecule has 100 valence electrons. The molecule has 2 atom stereocenters. The smallest absolute Gasteiger partial charge is 0.0622 e. The second-order valence-corrected chi connectivity index (χ2v) is 5.78. The van der Waals surface area contributed by atoms with Crippen LogP contribution in [0.25, 0.3) is 0 Å². The van der Waals surface area contributed by atoms with Gasteiger partial charge in [0, 0.05) is 31.3 Å². The fraction of sp³-hybridized carbons (Fsp3) is 1.00. The second kappa shape index (κ2) is 6.72. The van der Waals surface area contributed by atoms with Gasteiger partial charge in [0.2, 0.25) is 0 Å². The van der Waals surface area contributed by atoms with Gasteiger partial charge >= 0.3 is 0 Å². The van der Waals surface area contributed by atoms with Crippen LogP contribution in [0.3, 0.4) is 0 Å². The largest absolute Gasteiger partial charge is 0.380 e. The predicted molar refractivity (Wildman–Crippen MR) is 71.3 cm³/mol. The van der Waals surface area contributed by atoms with Crippen LogP contribution >= 0.6 is 0 Å². The normalized spacial score (nSPS) is 28.8. The molecule has 1 heterocycles. The van der Waals surface area contributed by atoms with Gasteiger partial charge in [-0.05, 0) is 33.2 Å². The summed E-state index contributed by atoms with van der Waals surface area (Å²) in [5.74, 6) is 0. The van der Waals surface area contributed by atoms with Gasteiger partial charge in [0.25, 0.3) is 0 Å². The van der Waals surface area contributed by atoms with Crippen molar-refractivity contribution in [1.82, 2.24) is 10.2 Å². The predicted octanol–water partition coefficient (Wildman–Crippen LogP) is 2.02. The maximum atomic E-state index is 5.46. The molecule has 17 heavy (non-hydrogen) atoms. The Morgan fingerprint density at radius 2 is 2.00 bits per heavy atom. The van der Waals surface area contributed by atoms with Gasteiger partial charge < -0.3 is 10.1 Å². The average molecular weight is 240 g/mol. The van der Waals surface area contributed by atoms with E-state index in [1.54, 1.807) is 0 Å². The van der Waals surface area contributed by atoms with Crippen molar-refractivity contribution in [3.63, 3.8) is 0 Å². The summed E-state index contributed by atoms with van der Waals surface area (Å²) in [6.45, 7) is 5.31. The molecule has 0 aromatic heterocycles. The fourth-order valence-corrected chi connectivity index (χ4v) is 2.99. The number of rotatable bonds is 5. The van der Waals surface area contributed by atoms with E-state index in [-0.39, 0.29) is 0 Å². The molecule has 2 rings (SSSR count). The van der Waals surface area contributed by atoms with E-state index in [1.165, 1.54) is 38.5 Å². The van der Waals surface area contributed by atoms with Crippen LogP contribution < -0.4 is 5.32 Å². The van der Waals surface area contributed by atoms with Gasteiger partial charge in [-0.3, -0.25) is 4.90 Å². The number of ether oxygens (including phenoxy) is 1. The van der Waals surface area contributed by atoms with E-state index in [9.17, 15) is 0 Å². The van der Waals surface area contributed by atoms with Gasteiger partial charge in [-0.15, -0.1) is 0 Å². The Bertz CT molecular complexity index is 210. The third kappa shape index (κ3) is 3.94. The van der Waals surface area contributed by atoms with Gasteiger partial charge in [-0.25, -0.2) is 0 Å². The highest BCUT2D eigenvalue weighted by atomic mass is 16.5. The molecule has 0 aromatic rings.